The van der Waals surface area contributed by atoms with Crippen LogP contribution < -0.4 is 4.48 Å². The fraction of sp³-hybridized carbons (Fsp3) is 0.333. The number of hydrogen-bond donors (Lipinski definition) is 0. The van der Waals surface area contributed by atoms with Crippen LogP contribution in [0.1, 0.15) is 12.5 Å². The van der Waals surface area contributed by atoms with E-state index in [4.69, 9.17) is 0 Å². The molecule has 2 aromatic rings. The molecule has 16 heavy (non-hydrogen) atoms. The maximum Gasteiger partial charge on any atom is 0.144 e. The molecule has 0 saturated carbocycles. The first-order chi connectivity index (χ1) is 7.60. The lowest BCUT2D eigenvalue weighted by Gasteiger charge is -2.30. The van der Waals surface area contributed by atoms with Crippen molar-refractivity contribution >= 4 is 16.5 Å². The fourth-order valence-electron chi connectivity index (χ4n) is 2.91. The highest BCUT2D eigenvalue weighted by molar-refractivity contribution is 5.95. The van der Waals surface area contributed by atoms with Crippen LogP contribution in [-0.2, 0) is 6.42 Å². The van der Waals surface area contributed by atoms with Crippen LogP contribution in [0.25, 0.3) is 10.8 Å². The van der Waals surface area contributed by atoms with Gasteiger partial charge in [0.15, 0.2) is 0 Å². The molecule has 0 N–H and O–H groups in total. The molecular weight excluding hydrogens is 194 g/mol. The molecule has 1 heterocycles. The topological polar surface area (TPSA) is 0 Å². The average molecular weight is 212 g/mol. The molecule has 1 aliphatic heterocycles. The standard InChI is InChI=1S/C15H18N/c1-11-10-13-9-8-12-6-4-5-7-14(12)15(13)16(11,2)3/h4-9,11H,10H2,1-3H3/q+1. The third-order valence-corrected chi connectivity index (χ3v) is 4.18. The highest BCUT2D eigenvalue weighted by Crippen LogP contribution is 2.41. The van der Waals surface area contributed by atoms with Gasteiger partial charge >= 0.3 is 0 Å². The van der Waals surface area contributed by atoms with Crippen LogP contribution in [0.2, 0.25) is 0 Å². The van der Waals surface area contributed by atoms with Crippen molar-refractivity contribution in [3.8, 4) is 0 Å². The zero-order chi connectivity index (χ0) is 11.3. The van der Waals surface area contributed by atoms with Crippen LogP contribution in [-0.4, -0.2) is 20.1 Å². The van der Waals surface area contributed by atoms with E-state index in [1.54, 1.807) is 0 Å². The van der Waals surface area contributed by atoms with E-state index in [0.717, 1.165) is 4.48 Å². The van der Waals surface area contributed by atoms with Crippen molar-refractivity contribution in [3.63, 3.8) is 0 Å². The van der Waals surface area contributed by atoms with Crippen molar-refractivity contribution < 1.29 is 0 Å². The molecule has 0 radical (unpaired) electrons. The minimum atomic E-state index is 0.681. The lowest BCUT2D eigenvalue weighted by molar-refractivity contribution is 0.339. The average Bonchev–Trinajstić information content (AvgIpc) is 2.50. The van der Waals surface area contributed by atoms with Crippen LogP contribution in [0, 0.1) is 0 Å². The van der Waals surface area contributed by atoms with E-state index in [1.807, 2.05) is 0 Å². The first-order valence-corrected chi connectivity index (χ1v) is 5.95. The quantitative estimate of drug-likeness (QED) is 0.587. The van der Waals surface area contributed by atoms with Gasteiger partial charge in [0.25, 0.3) is 0 Å². The van der Waals surface area contributed by atoms with E-state index in [2.05, 4.69) is 57.4 Å². The van der Waals surface area contributed by atoms with Crippen LogP contribution in [0.4, 0.5) is 5.69 Å². The summed E-state index contributed by atoms with van der Waals surface area (Å²) < 4.78 is 1.01. The number of likely N-dealkylation sites (N-methyl/N-ethyl adjacent to an activating group) is 1. The number of rotatable bonds is 0. The third kappa shape index (κ3) is 1.15. The molecule has 0 aromatic heterocycles. The predicted molar refractivity (Wildman–Crippen MR) is 70.8 cm³/mol. The highest BCUT2D eigenvalue weighted by atomic mass is 15.4. The van der Waals surface area contributed by atoms with Crippen LogP contribution >= 0.6 is 0 Å². The van der Waals surface area contributed by atoms with E-state index in [1.165, 1.54) is 28.4 Å². The largest absolute Gasteiger partial charge is 0.293 e. The number of benzene rings is 2. The molecule has 1 heteroatoms. The van der Waals surface area contributed by atoms with Gasteiger partial charge in [-0.15, -0.1) is 0 Å². The van der Waals surface area contributed by atoms with Gasteiger partial charge in [0.2, 0.25) is 0 Å². The molecule has 0 fully saturated rings. The van der Waals surface area contributed by atoms with Crippen LogP contribution in [0.5, 0.6) is 0 Å². The Kier molecular flexibility index (Phi) is 1.90. The van der Waals surface area contributed by atoms with E-state index in [9.17, 15) is 0 Å². The van der Waals surface area contributed by atoms with Crippen molar-refractivity contribution in [1.82, 2.24) is 4.48 Å². The van der Waals surface area contributed by atoms with Gasteiger partial charge in [0.1, 0.15) is 5.69 Å². The van der Waals surface area contributed by atoms with E-state index >= 15 is 0 Å². The monoisotopic (exact) mass is 212 g/mol. The van der Waals surface area contributed by atoms with Gasteiger partial charge in [0.05, 0.1) is 20.1 Å². The minimum absolute atomic E-state index is 0.681. The molecule has 82 valence electrons. The first-order valence-electron chi connectivity index (χ1n) is 5.95. The summed E-state index contributed by atoms with van der Waals surface area (Å²) >= 11 is 0. The predicted octanol–water partition coefficient (Wildman–Crippen LogP) is 3.35. The summed E-state index contributed by atoms with van der Waals surface area (Å²) in [5.41, 5.74) is 3.04. The smallest absolute Gasteiger partial charge is 0.144 e. The first kappa shape index (κ1) is 9.86. The second-order valence-electron chi connectivity index (χ2n) is 5.39. The summed E-state index contributed by atoms with van der Waals surface area (Å²) in [6.45, 7) is 2.34. The minimum Gasteiger partial charge on any atom is -0.293 e. The summed E-state index contributed by atoms with van der Waals surface area (Å²) in [4.78, 5) is 0. The van der Waals surface area contributed by atoms with Crippen molar-refractivity contribution in [2.24, 2.45) is 0 Å². The number of hydrogen-bond acceptors (Lipinski definition) is 0. The third-order valence-electron chi connectivity index (χ3n) is 4.18. The van der Waals surface area contributed by atoms with Gasteiger partial charge in [-0.05, 0) is 18.4 Å². The summed E-state index contributed by atoms with van der Waals surface area (Å²) in [5, 5.41) is 2.79. The lowest BCUT2D eigenvalue weighted by Crippen LogP contribution is -2.45. The Morgan fingerprint density at radius 3 is 2.62 bits per heavy atom. The van der Waals surface area contributed by atoms with Crippen LogP contribution in [0.15, 0.2) is 36.4 Å². The molecule has 1 aliphatic rings. The molecule has 1 unspecified atom stereocenters. The molecule has 0 saturated heterocycles. The van der Waals surface area contributed by atoms with Crippen molar-refractivity contribution in [3.05, 3.63) is 42.0 Å². The Morgan fingerprint density at radius 1 is 1.06 bits per heavy atom. The molecule has 0 aliphatic carbocycles. The Bertz CT molecular complexity index is 554. The SMILES string of the molecule is CC1Cc2ccc3ccccc3c2[N+]1(C)C. The molecular formula is C15H18N+. The van der Waals surface area contributed by atoms with Crippen molar-refractivity contribution in [1.29, 1.82) is 0 Å². The van der Waals surface area contributed by atoms with Gasteiger partial charge in [-0.1, -0.05) is 30.3 Å². The van der Waals surface area contributed by atoms with E-state index in [0.29, 0.717) is 6.04 Å². The maximum absolute atomic E-state index is 2.34. The summed E-state index contributed by atoms with van der Waals surface area (Å²) in [6.07, 6.45) is 1.20. The Labute approximate surface area is 96.9 Å². The number of nitrogens with zero attached hydrogens (tertiary/aromatic N) is 1. The summed E-state index contributed by atoms with van der Waals surface area (Å²) in [7, 11) is 4.64. The Balaban J connectivity index is 2.40. The zero-order valence-corrected chi connectivity index (χ0v) is 10.2. The molecule has 3 rings (SSSR count). The summed E-state index contributed by atoms with van der Waals surface area (Å²) in [5.74, 6) is 0. The molecule has 1 atom stereocenters. The van der Waals surface area contributed by atoms with Crippen molar-refractivity contribution in [2.45, 2.75) is 19.4 Å². The molecule has 1 nitrogen and oxygen atoms in total. The second kappa shape index (κ2) is 3.08. The zero-order valence-electron chi connectivity index (χ0n) is 10.2. The normalized spacial score (nSPS) is 22.3. The highest BCUT2D eigenvalue weighted by Gasteiger charge is 2.38. The molecule has 0 bridgehead atoms. The Morgan fingerprint density at radius 2 is 1.81 bits per heavy atom. The lowest BCUT2D eigenvalue weighted by atomic mass is 10.0. The fourth-order valence-corrected chi connectivity index (χ4v) is 2.91. The van der Waals surface area contributed by atoms with Crippen molar-refractivity contribution in [2.75, 3.05) is 14.1 Å². The maximum atomic E-state index is 2.34. The molecule has 0 amide bonds. The van der Waals surface area contributed by atoms with Crippen LogP contribution in [0.3, 0.4) is 0 Å². The van der Waals surface area contributed by atoms with Gasteiger partial charge in [-0.2, -0.15) is 0 Å². The van der Waals surface area contributed by atoms with Gasteiger partial charge in [-0.3, -0.25) is 4.48 Å². The Hall–Kier alpha value is -1.34. The van der Waals surface area contributed by atoms with E-state index < -0.39 is 0 Å². The van der Waals surface area contributed by atoms with Gasteiger partial charge in [0, 0.05) is 17.4 Å². The second-order valence-corrected chi connectivity index (χ2v) is 5.39. The van der Waals surface area contributed by atoms with E-state index in [-0.39, 0.29) is 0 Å². The number of quaternary nitrogens is 1. The number of fused-ring (bicyclic) bond motifs is 3. The molecule has 2 aromatic carbocycles. The molecule has 0 spiro atoms. The van der Waals surface area contributed by atoms with Gasteiger partial charge < -0.3 is 0 Å². The summed E-state index contributed by atoms with van der Waals surface area (Å²) in [6, 6.07) is 14.0. The van der Waals surface area contributed by atoms with Gasteiger partial charge in [-0.25, -0.2) is 0 Å².